The number of hydrogen-bond donors (Lipinski definition) is 0. The largest absolute Gasteiger partial charge is 0.364 e. The summed E-state index contributed by atoms with van der Waals surface area (Å²) in [4.78, 5) is 22.8. The number of amides is 1. The third-order valence-electron chi connectivity index (χ3n) is 3.88. The number of fused-ring (bicyclic) bond motifs is 1. The zero-order valence-corrected chi connectivity index (χ0v) is 13.5. The molecule has 8 nitrogen and oxygen atoms in total. The molecule has 1 amide bonds. The van der Waals surface area contributed by atoms with E-state index in [0.717, 1.165) is 5.69 Å². The average molecular weight is 314 g/mol. The number of carbonyl (C=O) groups is 1. The van der Waals surface area contributed by atoms with Crippen molar-refractivity contribution in [2.24, 2.45) is 0 Å². The van der Waals surface area contributed by atoms with Crippen molar-refractivity contribution in [2.75, 3.05) is 7.05 Å². The smallest absolute Gasteiger partial charge is 0.272 e. The van der Waals surface area contributed by atoms with E-state index in [2.05, 4.69) is 20.2 Å². The predicted octanol–water partition coefficient (Wildman–Crippen LogP) is 2.07. The molecule has 1 unspecified atom stereocenters. The molecule has 0 saturated carbocycles. The van der Waals surface area contributed by atoms with E-state index in [1.165, 1.54) is 12.6 Å². The maximum Gasteiger partial charge on any atom is 0.272 e. The van der Waals surface area contributed by atoms with E-state index in [9.17, 15) is 4.79 Å². The van der Waals surface area contributed by atoms with Gasteiger partial charge in [-0.3, -0.25) is 4.79 Å². The quantitative estimate of drug-likeness (QED) is 0.732. The molecule has 0 radical (unpaired) electrons. The summed E-state index contributed by atoms with van der Waals surface area (Å²) in [5.41, 5.74) is 1.92. The predicted molar refractivity (Wildman–Crippen MR) is 81.9 cm³/mol. The van der Waals surface area contributed by atoms with Crippen molar-refractivity contribution in [3.05, 3.63) is 41.8 Å². The highest BCUT2D eigenvalue weighted by molar-refractivity contribution is 5.92. The van der Waals surface area contributed by atoms with E-state index < -0.39 is 0 Å². The standard InChI is InChI=1S/C15H18N6O2/c1-9(2)13-7-12(18-15-16-8-17-21(13)15)14(22)20(4)10(3)11-5-6-23-19-11/h5-10H,1-4H3. The summed E-state index contributed by atoms with van der Waals surface area (Å²) in [6.45, 7) is 5.95. The fourth-order valence-electron chi connectivity index (χ4n) is 2.35. The Morgan fingerprint density at radius 3 is 2.78 bits per heavy atom. The van der Waals surface area contributed by atoms with E-state index in [1.807, 2.05) is 20.8 Å². The van der Waals surface area contributed by atoms with E-state index in [0.29, 0.717) is 17.2 Å². The van der Waals surface area contributed by atoms with E-state index in [-0.39, 0.29) is 17.9 Å². The van der Waals surface area contributed by atoms with Crippen molar-refractivity contribution < 1.29 is 9.32 Å². The molecule has 8 heteroatoms. The van der Waals surface area contributed by atoms with Crippen LogP contribution < -0.4 is 0 Å². The first-order chi connectivity index (χ1) is 11.0. The van der Waals surface area contributed by atoms with Crippen molar-refractivity contribution in [1.29, 1.82) is 0 Å². The van der Waals surface area contributed by atoms with Crippen LogP contribution in [0.3, 0.4) is 0 Å². The summed E-state index contributed by atoms with van der Waals surface area (Å²) in [5, 5.41) is 8.04. The van der Waals surface area contributed by atoms with Gasteiger partial charge in [-0.2, -0.15) is 10.1 Å². The molecule has 0 aromatic carbocycles. The van der Waals surface area contributed by atoms with Crippen molar-refractivity contribution in [1.82, 2.24) is 29.6 Å². The molecule has 120 valence electrons. The van der Waals surface area contributed by atoms with Crippen molar-refractivity contribution in [3.63, 3.8) is 0 Å². The van der Waals surface area contributed by atoms with Gasteiger partial charge in [0.15, 0.2) is 0 Å². The van der Waals surface area contributed by atoms with Gasteiger partial charge in [-0.15, -0.1) is 0 Å². The normalized spacial score (nSPS) is 12.7. The minimum absolute atomic E-state index is 0.187. The Kier molecular flexibility index (Phi) is 3.81. The number of rotatable bonds is 4. The van der Waals surface area contributed by atoms with Crippen LogP contribution in [-0.2, 0) is 0 Å². The second-order valence-electron chi connectivity index (χ2n) is 5.71. The Labute approximate surface area is 133 Å². The van der Waals surface area contributed by atoms with Crippen LogP contribution in [0.4, 0.5) is 0 Å². The lowest BCUT2D eigenvalue weighted by molar-refractivity contribution is 0.0731. The summed E-state index contributed by atoms with van der Waals surface area (Å²) >= 11 is 0. The van der Waals surface area contributed by atoms with Gasteiger partial charge < -0.3 is 9.42 Å². The van der Waals surface area contributed by atoms with Gasteiger partial charge in [0.05, 0.1) is 11.7 Å². The Hall–Kier alpha value is -2.77. The second kappa shape index (κ2) is 5.79. The molecule has 0 aliphatic carbocycles. The van der Waals surface area contributed by atoms with E-state index in [4.69, 9.17) is 4.52 Å². The molecule has 0 aliphatic heterocycles. The molecule has 3 aromatic rings. The lowest BCUT2D eigenvalue weighted by Gasteiger charge is -2.23. The van der Waals surface area contributed by atoms with Gasteiger partial charge in [-0.05, 0) is 18.9 Å². The lowest BCUT2D eigenvalue weighted by atomic mass is 10.1. The number of carbonyl (C=O) groups excluding carboxylic acids is 1. The third-order valence-corrected chi connectivity index (χ3v) is 3.88. The van der Waals surface area contributed by atoms with Crippen LogP contribution in [0.1, 0.15) is 54.6 Å². The third kappa shape index (κ3) is 2.67. The monoisotopic (exact) mass is 314 g/mol. The zero-order chi connectivity index (χ0) is 16.6. The molecule has 0 saturated heterocycles. The lowest BCUT2D eigenvalue weighted by Crippen LogP contribution is -2.31. The molecular weight excluding hydrogens is 296 g/mol. The average Bonchev–Trinajstić information content (AvgIpc) is 3.22. The van der Waals surface area contributed by atoms with Gasteiger partial charge in [0.1, 0.15) is 24.0 Å². The van der Waals surface area contributed by atoms with Gasteiger partial charge >= 0.3 is 0 Å². The maximum absolute atomic E-state index is 12.8. The van der Waals surface area contributed by atoms with Crippen molar-refractivity contribution in [3.8, 4) is 0 Å². The Morgan fingerprint density at radius 1 is 1.35 bits per heavy atom. The van der Waals surface area contributed by atoms with Gasteiger partial charge in [-0.25, -0.2) is 9.50 Å². The van der Waals surface area contributed by atoms with Crippen LogP contribution in [0.5, 0.6) is 0 Å². The molecule has 0 aliphatic rings. The number of aromatic nitrogens is 5. The van der Waals surface area contributed by atoms with Gasteiger partial charge in [0.25, 0.3) is 11.7 Å². The highest BCUT2D eigenvalue weighted by Crippen LogP contribution is 2.21. The minimum Gasteiger partial charge on any atom is -0.364 e. The van der Waals surface area contributed by atoms with E-state index in [1.54, 1.807) is 28.6 Å². The topological polar surface area (TPSA) is 89.4 Å². The van der Waals surface area contributed by atoms with Crippen molar-refractivity contribution in [2.45, 2.75) is 32.7 Å². The maximum atomic E-state index is 12.8. The molecule has 0 N–H and O–H groups in total. The summed E-state index contributed by atoms with van der Waals surface area (Å²) in [7, 11) is 1.71. The number of nitrogens with zero attached hydrogens (tertiary/aromatic N) is 6. The second-order valence-corrected chi connectivity index (χ2v) is 5.71. The van der Waals surface area contributed by atoms with Crippen LogP contribution in [0.2, 0.25) is 0 Å². The number of hydrogen-bond acceptors (Lipinski definition) is 6. The highest BCUT2D eigenvalue weighted by Gasteiger charge is 2.23. The molecule has 23 heavy (non-hydrogen) atoms. The van der Waals surface area contributed by atoms with Gasteiger partial charge in [-0.1, -0.05) is 19.0 Å². The fraction of sp³-hybridized carbons (Fsp3) is 0.400. The zero-order valence-electron chi connectivity index (χ0n) is 13.5. The van der Waals surface area contributed by atoms with Crippen LogP contribution in [0.15, 0.2) is 29.2 Å². The molecule has 0 fully saturated rings. The molecule has 3 heterocycles. The highest BCUT2D eigenvalue weighted by atomic mass is 16.5. The SMILES string of the molecule is CC(C)c1cc(C(=O)N(C)C(C)c2ccon2)nc2ncnn12. The summed E-state index contributed by atoms with van der Waals surface area (Å²) < 4.78 is 6.50. The van der Waals surface area contributed by atoms with Crippen LogP contribution >= 0.6 is 0 Å². The fourth-order valence-corrected chi connectivity index (χ4v) is 2.35. The Balaban J connectivity index is 1.97. The molecule has 0 bridgehead atoms. The molecule has 0 spiro atoms. The minimum atomic E-state index is -0.223. The first-order valence-corrected chi connectivity index (χ1v) is 7.37. The molecular formula is C15H18N6O2. The van der Waals surface area contributed by atoms with Gasteiger partial charge in [0, 0.05) is 13.1 Å². The van der Waals surface area contributed by atoms with Gasteiger partial charge in [0.2, 0.25) is 0 Å². The summed E-state index contributed by atoms with van der Waals surface area (Å²) in [5.74, 6) is 0.405. The first kappa shape index (κ1) is 15.1. The Morgan fingerprint density at radius 2 is 2.13 bits per heavy atom. The summed E-state index contributed by atoms with van der Waals surface area (Å²) in [6.07, 6.45) is 2.92. The molecule has 3 aromatic heterocycles. The Bertz CT molecular complexity index is 824. The van der Waals surface area contributed by atoms with Crippen LogP contribution in [0, 0.1) is 0 Å². The van der Waals surface area contributed by atoms with E-state index >= 15 is 0 Å². The summed E-state index contributed by atoms with van der Waals surface area (Å²) in [6, 6.07) is 3.28. The van der Waals surface area contributed by atoms with Crippen LogP contribution in [-0.4, -0.2) is 42.6 Å². The van der Waals surface area contributed by atoms with Crippen LogP contribution in [0.25, 0.3) is 5.78 Å². The first-order valence-electron chi connectivity index (χ1n) is 7.37. The molecule has 1 atom stereocenters. The van der Waals surface area contributed by atoms with Crippen molar-refractivity contribution >= 4 is 11.7 Å². The molecule has 3 rings (SSSR count).